The van der Waals surface area contributed by atoms with Gasteiger partial charge in [-0.15, -0.1) is 0 Å². The Morgan fingerprint density at radius 2 is 1.96 bits per heavy atom. The highest BCUT2D eigenvalue weighted by Gasteiger charge is 2.36. The summed E-state index contributed by atoms with van der Waals surface area (Å²) in [6, 6.07) is 13.8. The van der Waals surface area contributed by atoms with Gasteiger partial charge in [0.25, 0.3) is 0 Å². The SMILES string of the molecule is Fc1ccc2c(c1)C=CCC21CC=C(c2c[nH]c3ccccc23)CC1. The lowest BCUT2D eigenvalue weighted by Gasteiger charge is -2.39. The van der Waals surface area contributed by atoms with Crippen molar-refractivity contribution in [3.63, 3.8) is 0 Å². The Kier molecular flexibility index (Phi) is 3.21. The van der Waals surface area contributed by atoms with Crippen LogP contribution in [0.2, 0.25) is 0 Å². The van der Waals surface area contributed by atoms with E-state index in [0.29, 0.717) is 0 Å². The lowest BCUT2D eigenvalue weighted by Crippen LogP contribution is -2.30. The van der Waals surface area contributed by atoms with Crippen LogP contribution in [0.5, 0.6) is 0 Å². The molecule has 2 aromatic carbocycles. The Morgan fingerprint density at radius 1 is 1.04 bits per heavy atom. The molecule has 1 heterocycles. The van der Waals surface area contributed by atoms with Crippen LogP contribution in [0.15, 0.2) is 60.8 Å². The van der Waals surface area contributed by atoms with E-state index in [1.165, 1.54) is 27.6 Å². The van der Waals surface area contributed by atoms with Gasteiger partial charge in [-0.05, 0) is 60.6 Å². The zero-order valence-electron chi connectivity index (χ0n) is 14.1. The minimum atomic E-state index is -0.147. The third-order valence-corrected chi connectivity index (χ3v) is 5.94. The lowest BCUT2D eigenvalue weighted by atomic mass is 9.64. The van der Waals surface area contributed by atoms with Crippen LogP contribution in [0.3, 0.4) is 0 Å². The summed E-state index contributed by atoms with van der Waals surface area (Å²) in [5.41, 5.74) is 6.45. The van der Waals surface area contributed by atoms with Crippen molar-refractivity contribution >= 4 is 22.6 Å². The lowest BCUT2D eigenvalue weighted by molar-refractivity contribution is 0.392. The van der Waals surface area contributed by atoms with Crippen LogP contribution in [0.1, 0.15) is 42.4 Å². The number of rotatable bonds is 1. The fraction of sp³-hybridized carbons (Fsp3) is 0.217. The van der Waals surface area contributed by atoms with Crippen molar-refractivity contribution in [2.24, 2.45) is 0 Å². The monoisotopic (exact) mass is 329 g/mol. The second-order valence-corrected chi connectivity index (χ2v) is 7.30. The molecule has 0 amide bonds. The van der Waals surface area contributed by atoms with Gasteiger partial charge in [0, 0.05) is 28.1 Å². The smallest absolute Gasteiger partial charge is 0.123 e. The first kappa shape index (κ1) is 14.7. The molecule has 1 N–H and O–H groups in total. The van der Waals surface area contributed by atoms with Gasteiger partial charge in [0.05, 0.1) is 0 Å². The molecule has 1 spiro atoms. The number of fused-ring (bicyclic) bond motifs is 3. The predicted molar refractivity (Wildman–Crippen MR) is 102 cm³/mol. The fourth-order valence-corrected chi connectivity index (χ4v) is 4.58. The third-order valence-electron chi connectivity index (χ3n) is 5.94. The number of H-pyrrole nitrogens is 1. The summed E-state index contributed by atoms with van der Waals surface area (Å²) >= 11 is 0. The summed E-state index contributed by atoms with van der Waals surface area (Å²) < 4.78 is 13.6. The number of para-hydroxylation sites is 1. The predicted octanol–water partition coefficient (Wildman–Crippen LogP) is 6.23. The molecule has 0 fully saturated rings. The molecular formula is C23H20FN. The van der Waals surface area contributed by atoms with Gasteiger partial charge in [0.15, 0.2) is 0 Å². The molecule has 2 aliphatic carbocycles. The maximum absolute atomic E-state index is 13.6. The molecule has 2 heteroatoms. The van der Waals surface area contributed by atoms with Crippen molar-refractivity contribution in [2.45, 2.75) is 31.1 Å². The standard InChI is InChI=1S/C23H20FN/c24-18-7-8-21-17(14-18)4-3-11-23(21)12-9-16(10-13-23)20-15-25-22-6-2-1-5-19(20)22/h1-9,14-15,25H,10-13H2. The van der Waals surface area contributed by atoms with Crippen LogP contribution in [0.4, 0.5) is 4.39 Å². The Bertz CT molecular complexity index is 1020. The van der Waals surface area contributed by atoms with E-state index < -0.39 is 0 Å². The summed E-state index contributed by atoms with van der Waals surface area (Å²) in [5, 5.41) is 1.30. The maximum atomic E-state index is 13.6. The third kappa shape index (κ3) is 2.28. The van der Waals surface area contributed by atoms with Crippen LogP contribution < -0.4 is 0 Å². The molecule has 1 atom stereocenters. The quantitative estimate of drug-likeness (QED) is 0.545. The first-order chi connectivity index (χ1) is 12.3. The number of allylic oxidation sites excluding steroid dienone is 3. The Hall–Kier alpha value is -2.61. The average molecular weight is 329 g/mol. The van der Waals surface area contributed by atoms with E-state index in [4.69, 9.17) is 0 Å². The number of aromatic nitrogens is 1. The molecule has 2 aliphatic rings. The summed E-state index contributed by atoms with van der Waals surface area (Å²) in [4.78, 5) is 3.38. The minimum absolute atomic E-state index is 0.132. The molecule has 0 radical (unpaired) electrons. The number of hydrogen-bond donors (Lipinski definition) is 1. The zero-order chi connectivity index (χ0) is 16.9. The second kappa shape index (κ2) is 5.45. The van der Waals surface area contributed by atoms with Gasteiger partial charge >= 0.3 is 0 Å². The van der Waals surface area contributed by atoms with Crippen LogP contribution in [0, 0.1) is 5.82 Å². The van der Waals surface area contributed by atoms with E-state index in [9.17, 15) is 4.39 Å². The Balaban J connectivity index is 1.53. The van der Waals surface area contributed by atoms with Crippen molar-refractivity contribution < 1.29 is 4.39 Å². The number of halogens is 1. The molecule has 0 saturated heterocycles. The Morgan fingerprint density at radius 3 is 2.84 bits per heavy atom. The molecule has 3 aromatic rings. The van der Waals surface area contributed by atoms with E-state index in [1.807, 2.05) is 6.07 Å². The van der Waals surface area contributed by atoms with Gasteiger partial charge in [-0.3, -0.25) is 0 Å². The van der Waals surface area contributed by atoms with E-state index in [2.05, 4.69) is 53.7 Å². The maximum Gasteiger partial charge on any atom is 0.123 e. The van der Waals surface area contributed by atoms with Crippen molar-refractivity contribution in [1.82, 2.24) is 4.98 Å². The van der Waals surface area contributed by atoms with E-state index >= 15 is 0 Å². The number of benzene rings is 2. The van der Waals surface area contributed by atoms with Gasteiger partial charge < -0.3 is 4.98 Å². The topological polar surface area (TPSA) is 15.8 Å². The summed E-state index contributed by atoms with van der Waals surface area (Å²) in [5.74, 6) is -0.147. The van der Waals surface area contributed by atoms with Gasteiger partial charge in [-0.25, -0.2) is 4.39 Å². The van der Waals surface area contributed by atoms with Crippen molar-refractivity contribution in [3.05, 3.63) is 83.3 Å². The molecule has 0 saturated carbocycles. The molecule has 5 rings (SSSR count). The average Bonchev–Trinajstić information content (AvgIpc) is 3.07. The number of hydrogen-bond acceptors (Lipinski definition) is 0. The van der Waals surface area contributed by atoms with Crippen molar-refractivity contribution in [3.8, 4) is 0 Å². The molecule has 124 valence electrons. The zero-order valence-corrected chi connectivity index (χ0v) is 14.1. The second-order valence-electron chi connectivity index (χ2n) is 7.30. The highest BCUT2D eigenvalue weighted by Crippen LogP contribution is 2.48. The van der Waals surface area contributed by atoms with E-state index in [-0.39, 0.29) is 11.2 Å². The van der Waals surface area contributed by atoms with Crippen LogP contribution in [-0.2, 0) is 5.41 Å². The fourth-order valence-electron chi connectivity index (χ4n) is 4.58. The van der Waals surface area contributed by atoms with Gasteiger partial charge in [0.2, 0.25) is 0 Å². The molecule has 1 unspecified atom stereocenters. The number of aromatic amines is 1. The Labute approximate surface area is 146 Å². The van der Waals surface area contributed by atoms with Crippen molar-refractivity contribution in [1.29, 1.82) is 0 Å². The molecule has 1 nitrogen and oxygen atoms in total. The van der Waals surface area contributed by atoms with E-state index in [0.717, 1.165) is 31.2 Å². The van der Waals surface area contributed by atoms with Crippen LogP contribution >= 0.6 is 0 Å². The largest absolute Gasteiger partial charge is 0.361 e. The highest BCUT2D eigenvalue weighted by molar-refractivity contribution is 5.92. The molecular weight excluding hydrogens is 309 g/mol. The normalized spacial score (nSPS) is 22.2. The summed E-state index contributed by atoms with van der Waals surface area (Å²) in [7, 11) is 0. The number of nitrogens with one attached hydrogen (secondary N) is 1. The van der Waals surface area contributed by atoms with Crippen molar-refractivity contribution in [2.75, 3.05) is 0 Å². The molecule has 0 aliphatic heterocycles. The van der Waals surface area contributed by atoms with Crippen LogP contribution in [-0.4, -0.2) is 4.98 Å². The molecule has 0 bridgehead atoms. The summed E-state index contributed by atoms with van der Waals surface area (Å²) in [6.07, 6.45) is 13.1. The van der Waals surface area contributed by atoms with E-state index in [1.54, 1.807) is 12.1 Å². The van der Waals surface area contributed by atoms with Gasteiger partial charge in [0.1, 0.15) is 5.82 Å². The minimum Gasteiger partial charge on any atom is -0.361 e. The first-order valence-electron chi connectivity index (χ1n) is 8.97. The molecule has 1 aromatic heterocycles. The van der Waals surface area contributed by atoms with Gasteiger partial charge in [-0.1, -0.05) is 42.5 Å². The first-order valence-corrected chi connectivity index (χ1v) is 8.97. The molecule has 25 heavy (non-hydrogen) atoms. The highest BCUT2D eigenvalue weighted by atomic mass is 19.1. The van der Waals surface area contributed by atoms with Crippen LogP contribution in [0.25, 0.3) is 22.6 Å². The van der Waals surface area contributed by atoms with Gasteiger partial charge in [-0.2, -0.15) is 0 Å². The summed E-state index contributed by atoms with van der Waals surface area (Å²) in [6.45, 7) is 0.